The van der Waals surface area contributed by atoms with Crippen LogP contribution < -0.4 is 10.5 Å². The number of benzene rings is 1. The molecule has 0 aliphatic rings. The second kappa shape index (κ2) is 6.67. The third-order valence-electron chi connectivity index (χ3n) is 1.97. The van der Waals surface area contributed by atoms with Gasteiger partial charge in [-0.25, -0.2) is 0 Å². The molecule has 0 spiro atoms. The highest BCUT2D eigenvalue weighted by atomic mass is 35.5. The first-order valence-corrected chi connectivity index (χ1v) is 5.26. The fourth-order valence-corrected chi connectivity index (χ4v) is 1.48. The van der Waals surface area contributed by atoms with E-state index in [2.05, 4.69) is 0 Å². The average molecular weight is 230 g/mol. The Hall–Kier alpha value is -0.770. The normalized spacial score (nSPS) is 10.3. The van der Waals surface area contributed by atoms with Gasteiger partial charge >= 0.3 is 0 Å². The zero-order valence-electron chi connectivity index (χ0n) is 8.83. The van der Waals surface area contributed by atoms with Gasteiger partial charge in [-0.05, 0) is 30.7 Å². The molecular formula is C11H16ClNO2. The van der Waals surface area contributed by atoms with Crippen molar-refractivity contribution in [2.24, 2.45) is 5.73 Å². The molecule has 0 bridgehead atoms. The van der Waals surface area contributed by atoms with Crippen LogP contribution in [0.5, 0.6) is 5.75 Å². The first-order chi connectivity index (χ1) is 7.27. The average Bonchev–Trinajstić information content (AvgIpc) is 2.22. The summed E-state index contributed by atoms with van der Waals surface area (Å²) in [5, 5.41) is 0.622. The Morgan fingerprint density at radius 3 is 2.73 bits per heavy atom. The van der Waals surface area contributed by atoms with E-state index in [1.165, 1.54) is 0 Å². The molecular weight excluding hydrogens is 214 g/mol. The number of ether oxygens (including phenoxy) is 2. The van der Waals surface area contributed by atoms with E-state index >= 15 is 0 Å². The molecule has 0 fully saturated rings. The summed E-state index contributed by atoms with van der Waals surface area (Å²) in [5.41, 5.74) is 6.58. The van der Waals surface area contributed by atoms with Gasteiger partial charge in [0.15, 0.2) is 0 Å². The lowest BCUT2D eigenvalue weighted by Gasteiger charge is -2.08. The lowest BCUT2D eigenvalue weighted by atomic mass is 10.1. The molecule has 0 aliphatic heterocycles. The SMILES string of the molecule is COCCOc1ccc(CCN)cc1Cl. The Kier molecular flexibility index (Phi) is 5.47. The summed E-state index contributed by atoms with van der Waals surface area (Å²) < 4.78 is 10.3. The molecule has 0 heterocycles. The molecule has 4 heteroatoms. The van der Waals surface area contributed by atoms with E-state index in [9.17, 15) is 0 Å². The van der Waals surface area contributed by atoms with Gasteiger partial charge in [0.2, 0.25) is 0 Å². The second-order valence-electron chi connectivity index (χ2n) is 3.14. The zero-order valence-corrected chi connectivity index (χ0v) is 9.59. The predicted molar refractivity (Wildman–Crippen MR) is 61.6 cm³/mol. The first kappa shape index (κ1) is 12.3. The number of halogens is 1. The van der Waals surface area contributed by atoms with Crippen molar-refractivity contribution in [3.8, 4) is 5.75 Å². The largest absolute Gasteiger partial charge is 0.490 e. The summed E-state index contributed by atoms with van der Waals surface area (Å²) >= 11 is 6.04. The fourth-order valence-electron chi connectivity index (χ4n) is 1.22. The lowest BCUT2D eigenvalue weighted by molar-refractivity contribution is 0.146. The van der Waals surface area contributed by atoms with Crippen LogP contribution in [0.15, 0.2) is 18.2 Å². The molecule has 2 N–H and O–H groups in total. The van der Waals surface area contributed by atoms with E-state index in [1.807, 2.05) is 18.2 Å². The van der Waals surface area contributed by atoms with Crippen molar-refractivity contribution in [2.75, 3.05) is 26.9 Å². The molecule has 0 amide bonds. The number of rotatable bonds is 6. The third kappa shape index (κ3) is 4.08. The molecule has 0 atom stereocenters. The Morgan fingerprint density at radius 2 is 2.13 bits per heavy atom. The van der Waals surface area contributed by atoms with Gasteiger partial charge in [-0.2, -0.15) is 0 Å². The van der Waals surface area contributed by atoms with E-state index < -0.39 is 0 Å². The fraction of sp³-hybridized carbons (Fsp3) is 0.455. The van der Waals surface area contributed by atoms with Crippen LogP contribution >= 0.6 is 11.6 Å². The molecule has 0 unspecified atom stereocenters. The van der Waals surface area contributed by atoms with Crippen LogP contribution in [-0.4, -0.2) is 26.9 Å². The monoisotopic (exact) mass is 229 g/mol. The van der Waals surface area contributed by atoms with Gasteiger partial charge in [0.25, 0.3) is 0 Å². The van der Waals surface area contributed by atoms with E-state index in [0.717, 1.165) is 12.0 Å². The molecule has 15 heavy (non-hydrogen) atoms. The van der Waals surface area contributed by atoms with Crippen molar-refractivity contribution < 1.29 is 9.47 Å². The van der Waals surface area contributed by atoms with E-state index in [4.69, 9.17) is 26.8 Å². The zero-order chi connectivity index (χ0) is 11.1. The summed E-state index contributed by atoms with van der Waals surface area (Å²) in [6, 6.07) is 5.72. The van der Waals surface area contributed by atoms with E-state index in [-0.39, 0.29) is 0 Å². The molecule has 0 radical (unpaired) electrons. The van der Waals surface area contributed by atoms with Gasteiger partial charge in [-0.15, -0.1) is 0 Å². The molecule has 1 aromatic rings. The summed E-state index contributed by atoms with van der Waals surface area (Å²) in [7, 11) is 1.63. The van der Waals surface area contributed by atoms with Gasteiger partial charge in [-0.1, -0.05) is 17.7 Å². The topological polar surface area (TPSA) is 44.5 Å². The smallest absolute Gasteiger partial charge is 0.138 e. The van der Waals surface area contributed by atoms with Crippen LogP contribution in [0.4, 0.5) is 0 Å². The standard InChI is InChI=1S/C11H16ClNO2/c1-14-6-7-15-11-3-2-9(4-5-13)8-10(11)12/h2-3,8H,4-7,13H2,1H3. The van der Waals surface area contributed by atoms with Gasteiger partial charge in [0.1, 0.15) is 12.4 Å². The number of nitrogens with two attached hydrogens (primary N) is 1. The Morgan fingerprint density at radius 1 is 1.33 bits per heavy atom. The van der Waals surface area contributed by atoms with Crippen molar-refractivity contribution in [3.63, 3.8) is 0 Å². The summed E-state index contributed by atoms with van der Waals surface area (Å²) in [5.74, 6) is 0.689. The van der Waals surface area contributed by atoms with Crippen molar-refractivity contribution >= 4 is 11.6 Å². The highest BCUT2D eigenvalue weighted by molar-refractivity contribution is 6.32. The molecule has 0 saturated heterocycles. The molecule has 0 aromatic heterocycles. The van der Waals surface area contributed by atoms with Crippen molar-refractivity contribution in [1.29, 1.82) is 0 Å². The first-order valence-electron chi connectivity index (χ1n) is 4.88. The van der Waals surface area contributed by atoms with Crippen molar-refractivity contribution in [1.82, 2.24) is 0 Å². The molecule has 1 aromatic carbocycles. The van der Waals surface area contributed by atoms with Crippen LogP contribution in [0.3, 0.4) is 0 Å². The second-order valence-corrected chi connectivity index (χ2v) is 3.55. The van der Waals surface area contributed by atoms with E-state index in [1.54, 1.807) is 7.11 Å². The summed E-state index contributed by atoms with van der Waals surface area (Å²) in [4.78, 5) is 0. The predicted octanol–water partition coefficient (Wildman–Crippen LogP) is 1.87. The Bertz CT molecular complexity index is 305. The molecule has 84 valence electrons. The van der Waals surface area contributed by atoms with Gasteiger partial charge in [0.05, 0.1) is 11.6 Å². The van der Waals surface area contributed by atoms with Crippen LogP contribution in [0.25, 0.3) is 0 Å². The van der Waals surface area contributed by atoms with Crippen molar-refractivity contribution in [2.45, 2.75) is 6.42 Å². The Labute approximate surface area is 95.1 Å². The highest BCUT2D eigenvalue weighted by Gasteiger charge is 2.02. The van der Waals surface area contributed by atoms with Crippen LogP contribution in [0.2, 0.25) is 5.02 Å². The van der Waals surface area contributed by atoms with Crippen LogP contribution in [-0.2, 0) is 11.2 Å². The maximum atomic E-state index is 6.04. The molecule has 3 nitrogen and oxygen atoms in total. The van der Waals surface area contributed by atoms with Gasteiger partial charge < -0.3 is 15.2 Å². The van der Waals surface area contributed by atoms with Crippen LogP contribution in [0, 0.1) is 0 Å². The van der Waals surface area contributed by atoms with Crippen molar-refractivity contribution in [3.05, 3.63) is 28.8 Å². The third-order valence-corrected chi connectivity index (χ3v) is 2.27. The van der Waals surface area contributed by atoms with Crippen LogP contribution in [0.1, 0.15) is 5.56 Å². The maximum absolute atomic E-state index is 6.04. The number of hydrogen-bond donors (Lipinski definition) is 1. The minimum atomic E-state index is 0.506. The molecule has 0 aliphatic carbocycles. The number of methoxy groups -OCH3 is 1. The Balaban J connectivity index is 2.58. The minimum Gasteiger partial charge on any atom is -0.490 e. The highest BCUT2D eigenvalue weighted by Crippen LogP contribution is 2.25. The van der Waals surface area contributed by atoms with Gasteiger partial charge in [-0.3, -0.25) is 0 Å². The molecule has 1 rings (SSSR count). The maximum Gasteiger partial charge on any atom is 0.138 e. The summed E-state index contributed by atoms with van der Waals surface area (Å²) in [6.45, 7) is 1.69. The lowest BCUT2D eigenvalue weighted by Crippen LogP contribution is -2.05. The van der Waals surface area contributed by atoms with Gasteiger partial charge in [0, 0.05) is 7.11 Å². The minimum absolute atomic E-state index is 0.506. The molecule has 0 saturated carbocycles. The summed E-state index contributed by atoms with van der Waals surface area (Å²) in [6.07, 6.45) is 0.831. The quantitative estimate of drug-likeness (QED) is 0.758. The number of hydrogen-bond acceptors (Lipinski definition) is 3. The van der Waals surface area contributed by atoms with E-state index in [0.29, 0.717) is 30.5 Å².